The molecule has 1 heterocycles. The predicted octanol–water partition coefficient (Wildman–Crippen LogP) is 1.62. The van der Waals surface area contributed by atoms with Crippen molar-refractivity contribution < 1.29 is 4.79 Å². The van der Waals surface area contributed by atoms with E-state index in [1.54, 1.807) is 0 Å². The van der Waals surface area contributed by atoms with Gasteiger partial charge in [-0.25, -0.2) is 0 Å². The number of nitrogens with two attached hydrogens (primary N) is 1. The second-order valence-corrected chi connectivity index (χ2v) is 6.02. The molecule has 2 fully saturated rings. The maximum Gasteiger partial charge on any atom is 0.222 e. The Morgan fingerprint density at radius 2 is 2.19 bits per heavy atom. The van der Waals surface area contributed by atoms with Gasteiger partial charge in [-0.1, -0.05) is 13.8 Å². The molecular weight excluding hydrogens is 200 g/mol. The molecule has 1 unspecified atom stereocenters. The van der Waals surface area contributed by atoms with Gasteiger partial charge in [0.15, 0.2) is 0 Å². The molecule has 2 rings (SSSR count). The Morgan fingerprint density at radius 1 is 1.50 bits per heavy atom. The Hall–Kier alpha value is -0.570. The minimum absolute atomic E-state index is 0.363. The van der Waals surface area contributed by atoms with Gasteiger partial charge in [0.25, 0.3) is 0 Å². The zero-order valence-electron chi connectivity index (χ0n) is 10.5. The van der Waals surface area contributed by atoms with Crippen molar-refractivity contribution in [3.05, 3.63) is 0 Å². The molecule has 1 atom stereocenters. The van der Waals surface area contributed by atoms with Crippen molar-refractivity contribution in [2.75, 3.05) is 19.6 Å². The van der Waals surface area contributed by atoms with E-state index in [-0.39, 0.29) is 0 Å². The van der Waals surface area contributed by atoms with Crippen LogP contribution in [0, 0.1) is 17.3 Å². The maximum absolute atomic E-state index is 11.9. The average Bonchev–Trinajstić information content (AvgIpc) is 2.86. The highest BCUT2D eigenvalue weighted by molar-refractivity contribution is 5.78. The third kappa shape index (κ3) is 2.40. The number of amides is 1. The normalized spacial score (nSPS) is 27.9. The Balaban J connectivity index is 1.89. The Bertz CT molecular complexity index is 271. The molecule has 1 aliphatic carbocycles. The number of likely N-dealkylation sites (tertiary alicyclic amines) is 1. The van der Waals surface area contributed by atoms with Crippen LogP contribution in [0.15, 0.2) is 0 Å². The van der Waals surface area contributed by atoms with Crippen LogP contribution < -0.4 is 5.73 Å². The van der Waals surface area contributed by atoms with Crippen molar-refractivity contribution in [2.45, 2.75) is 39.5 Å². The molecule has 0 bridgehead atoms. The van der Waals surface area contributed by atoms with Gasteiger partial charge in [-0.15, -0.1) is 0 Å². The molecule has 3 heteroatoms. The summed E-state index contributed by atoms with van der Waals surface area (Å²) in [6, 6.07) is 0. The summed E-state index contributed by atoms with van der Waals surface area (Å²) in [6.07, 6.45) is 4.38. The second-order valence-electron chi connectivity index (χ2n) is 6.02. The molecule has 1 amide bonds. The van der Waals surface area contributed by atoms with Gasteiger partial charge in [-0.3, -0.25) is 4.79 Å². The minimum atomic E-state index is 0.363. The van der Waals surface area contributed by atoms with E-state index in [9.17, 15) is 4.79 Å². The molecule has 92 valence electrons. The lowest BCUT2D eigenvalue weighted by molar-refractivity contribution is -0.128. The molecule has 0 aromatic carbocycles. The molecule has 2 aliphatic rings. The standard InChI is InChI=1S/C13H24N2O/c1-10(2)11-7-12(16)15(8-11)9-13(3-4-13)5-6-14/h10-11H,3-9,14H2,1-2H3. The first kappa shape index (κ1) is 11.9. The van der Waals surface area contributed by atoms with Crippen LogP contribution in [-0.2, 0) is 4.79 Å². The monoisotopic (exact) mass is 224 g/mol. The summed E-state index contributed by atoms with van der Waals surface area (Å²) in [5.41, 5.74) is 6.03. The van der Waals surface area contributed by atoms with Crippen LogP contribution in [0.25, 0.3) is 0 Å². The summed E-state index contributed by atoms with van der Waals surface area (Å²) in [5, 5.41) is 0. The lowest BCUT2D eigenvalue weighted by Crippen LogP contribution is -2.33. The predicted molar refractivity (Wildman–Crippen MR) is 64.9 cm³/mol. The SMILES string of the molecule is CC(C)C1CC(=O)N(CC2(CCN)CC2)C1. The van der Waals surface area contributed by atoms with Gasteiger partial charge in [-0.05, 0) is 43.1 Å². The molecule has 1 aliphatic heterocycles. The summed E-state index contributed by atoms with van der Waals surface area (Å²) < 4.78 is 0. The first-order chi connectivity index (χ1) is 7.56. The third-order valence-electron chi connectivity index (χ3n) is 4.35. The highest BCUT2D eigenvalue weighted by Crippen LogP contribution is 2.49. The van der Waals surface area contributed by atoms with Crippen molar-refractivity contribution in [2.24, 2.45) is 23.0 Å². The third-order valence-corrected chi connectivity index (χ3v) is 4.35. The maximum atomic E-state index is 11.9. The molecule has 16 heavy (non-hydrogen) atoms. The fourth-order valence-corrected chi connectivity index (χ4v) is 2.78. The molecule has 0 aromatic heterocycles. The molecule has 2 N–H and O–H groups in total. The summed E-state index contributed by atoms with van der Waals surface area (Å²) in [6.45, 7) is 7.13. The molecular formula is C13H24N2O. The van der Waals surface area contributed by atoms with E-state index in [4.69, 9.17) is 5.73 Å². The fraction of sp³-hybridized carbons (Fsp3) is 0.923. The van der Waals surface area contributed by atoms with E-state index in [1.165, 1.54) is 12.8 Å². The zero-order valence-corrected chi connectivity index (χ0v) is 10.5. The first-order valence-electron chi connectivity index (χ1n) is 6.54. The van der Waals surface area contributed by atoms with Gasteiger partial charge in [0, 0.05) is 19.5 Å². The van der Waals surface area contributed by atoms with Crippen LogP contribution in [0.5, 0.6) is 0 Å². The van der Waals surface area contributed by atoms with Crippen molar-refractivity contribution in [1.82, 2.24) is 4.90 Å². The summed E-state index contributed by atoms with van der Waals surface area (Å²) in [5.74, 6) is 1.56. The van der Waals surface area contributed by atoms with E-state index in [2.05, 4.69) is 18.7 Å². The lowest BCUT2D eigenvalue weighted by atomic mass is 9.95. The number of carbonyl (C=O) groups excluding carboxylic acids is 1. The molecule has 0 aromatic rings. The fourth-order valence-electron chi connectivity index (χ4n) is 2.78. The summed E-state index contributed by atoms with van der Waals surface area (Å²) in [4.78, 5) is 14.0. The average molecular weight is 224 g/mol. The van der Waals surface area contributed by atoms with Crippen LogP contribution in [0.2, 0.25) is 0 Å². The number of nitrogens with zero attached hydrogens (tertiary/aromatic N) is 1. The molecule has 0 radical (unpaired) electrons. The highest BCUT2D eigenvalue weighted by Gasteiger charge is 2.45. The van der Waals surface area contributed by atoms with Crippen LogP contribution in [0.3, 0.4) is 0 Å². The van der Waals surface area contributed by atoms with Crippen molar-refractivity contribution in [1.29, 1.82) is 0 Å². The van der Waals surface area contributed by atoms with E-state index in [1.807, 2.05) is 0 Å². The molecule has 1 saturated heterocycles. The molecule has 0 spiro atoms. The van der Waals surface area contributed by atoms with Gasteiger partial charge in [0.05, 0.1) is 0 Å². The van der Waals surface area contributed by atoms with E-state index < -0.39 is 0 Å². The van der Waals surface area contributed by atoms with Crippen molar-refractivity contribution >= 4 is 5.91 Å². The number of rotatable bonds is 5. The van der Waals surface area contributed by atoms with Crippen LogP contribution >= 0.6 is 0 Å². The van der Waals surface area contributed by atoms with E-state index >= 15 is 0 Å². The van der Waals surface area contributed by atoms with Crippen molar-refractivity contribution in [3.63, 3.8) is 0 Å². The highest BCUT2D eigenvalue weighted by atomic mass is 16.2. The van der Waals surface area contributed by atoms with E-state index in [0.29, 0.717) is 23.2 Å². The Labute approximate surface area is 98.4 Å². The smallest absolute Gasteiger partial charge is 0.222 e. The van der Waals surface area contributed by atoms with Gasteiger partial charge < -0.3 is 10.6 Å². The largest absolute Gasteiger partial charge is 0.342 e. The molecule has 3 nitrogen and oxygen atoms in total. The quantitative estimate of drug-likeness (QED) is 0.771. The minimum Gasteiger partial charge on any atom is -0.342 e. The van der Waals surface area contributed by atoms with Crippen LogP contribution in [-0.4, -0.2) is 30.4 Å². The van der Waals surface area contributed by atoms with Gasteiger partial charge in [-0.2, -0.15) is 0 Å². The number of hydrogen-bond acceptors (Lipinski definition) is 2. The number of hydrogen-bond donors (Lipinski definition) is 1. The van der Waals surface area contributed by atoms with Gasteiger partial charge >= 0.3 is 0 Å². The lowest BCUT2D eigenvalue weighted by Gasteiger charge is -2.24. The topological polar surface area (TPSA) is 46.3 Å². The first-order valence-corrected chi connectivity index (χ1v) is 6.54. The van der Waals surface area contributed by atoms with Crippen molar-refractivity contribution in [3.8, 4) is 0 Å². The Morgan fingerprint density at radius 3 is 2.62 bits per heavy atom. The summed E-state index contributed by atoms with van der Waals surface area (Å²) >= 11 is 0. The summed E-state index contributed by atoms with van der Waals surface area (Å²) in [7, 11) is 0. The number of carbonyl (C=O) groups is 1. The van der Waals surface area contributed by atoms with E-state index in [0.717, 1.165) is 32.5 Å². The van der Waals surface area contributed by atoms with Crippen LogP contribution in [0.1, 0.15) is 39.5 Å². The van der Waals surface area contributed by atoms with Gasteiger partial charge in [0.1, 0.15) is 0 Å². The van der Waals surface area contributed by atoms with Gasteiger partial charge in [0.2, 0.25) is 5.91 Å². The van der Waals surface area contributed by atoms with Crippen LogP contribution in [0.4, 0.5) is 0 Å². The zero-order chi connectivity index (χ0) is 11.8. The molecule has 1 saturated carbocycles. The Kier molecular flexibility index (Phi) is 3.24. The second kappa shape index (κ2) is 4.36.